The van der Waals surface area contributed by atoms with Gasteiger partial charge in [-0.1, -0.05) is 0 Å². The van der Waals surface area contributed by atoms with Crippen LogP contribution in [0, 0.1) is 6.92 Å². The lowest BCUT2D eigenvalue weighted by molar-refractivity contribution is -0.274. The Kier molecular flexibility index (Phi) is 5.06. The van der Waals surface area contributed by atoms with Crippen LogP contribution in [-0.2, 0) is 0 Å². The molecule has 0 fully saturated rings. The van der Waals surface area contributed by atoms with Gasteiger partial charge in [-0.05, 0) is 24.6 Å². The molecule has 0 amide bonds. The Bertz CT molecular complexity index is 948. The van der Waals surface area contributed by atoms with Gasteiger partial charge in [-0.15, -0.1) is 13.2 Å². The van der Waals surface area contributed by atoms with E-state index in [0.717, 1.165) is 23.3 Å². The number of hydrogen-bond donors (Lipinski definition) is 2. The normalized spacial score (nSPS) is 11.1. The van der Waals surface area contributed by atoms with Gasteiger partial charge in [0.2, 0.25) is 0 Å². The number of nitrogens with zero attached hydrogens (tertiary/aromatic N) is 4. The molecule has 3 aromatic rings. The predicted octanol–water partition coefficient (Wildman–Crippen LogP) is 3.93. The molecule has 3 aromatic heterocycles. The van der Waals surface area contributed by atoms with Crippen LogP contribution in [0.1, 0.15) is 5.56 Å². The van der Waals surface area contributed by atoms with Gasteiger partial charge in [0.25, 0.3) is 0 Å². The second-order valence-electron chi connectivity index (χ2n) is 5.45. The van der Waals surface area contributed by atoms with E-state index in [-0.39, 0.29) is 11.6 Å². The number of halogens is 3. The van der Waals surface area contributed by atoms with E-state index >= 15 is 0 Å². The van der Waals surface area contributed by atoms with E-state index < -0.39 is 6.36 Å². The van der Waals surface area contributed by atoms with Crippen LogP contribution < -0.4 is 15.4 Å². The lowest BCUT2D eigenvalue weighted by Gasteiger charge is -2.12. The van der Waals surface area contributed by atoms with Crippen molar-refractivity contribution in [1.29, 1.82) is 0 Å². The van der Waals surface area contributed by atoms with E-state index in [1.807, 2.05) is 13.0 Å². The molecule has 0 aliphatic rings. The first-order chi connectivity index (χ1) is 12.8. The number of nitrogens with one attached hydrogen (secondary N) is 2. The molecule has 0 atom stereocenters. The van der Waals surface area contributed by atoms with Crippen molar-refractivity contribution in [3.05, 3.63) is 48.4 Å². The summed E-state index contributed by atoms with van der Waals surface area (Å²) in [7, 11) is 1.70. The maximum absolute atomic E-state index is 12.4. The first kappa shape index (κ1) is 18.4. The number of hydrogen-bond acceptors (Lipinski definition) is 7. The summed E-state index contributed by atoms with van der Waals surface area (Å²) in [6.07, 6.45) is -0.270. The Morgan fingerprint density at radius 1 is 1.00 bits per heavy atom. The maximum Gasteiger partial charge on any atom is 0.573 e. The summed E-state index contributed by atoms with van der Waals surface area (Å²) in [6.45, 7) is 1.90. The van der Waals surface area contributed by atoms with E-state index in [1.54, 1.807) is 25.5 Å². The Balaban J connectivity index is 1.92. The Morgan fingerprint density at radius 3 is 2.48 bits per heavy atom. The maximum atomic E-state index is 12.4. The first-order valence-electron chi connectivity index (χ1n) is 7.81. The van der Waals surface area contributed by atoms with Crippen molar-refractivity contribution in [1.82, 2.24) is 19.9 Å². The number of ether oxygens (including phenoxy) is 1. The van der Waals surface area contributed by atoms with Gasteiger partial charge in [0.1, 0.15) is 23.2 Å². The van der Waals surface area contributed by atoms with Crippen LogP contribution in [0.15, 0.2) is 42.9 Å². The molecule has 0 aliphatic carbocycles. The van der Waals surface area contributed by atoms with Gasteiger partial charge < -0.3 is 15.4 Å². The van der Waals surface area contributed by atoms with Crippen LogP contribution in [0.2, 0.25) is 0 Å². The molecule has 0 bridgehead atoms. The molecule has 27 heavy (non-hydrogen) atoms. The molecule has 0 saturated carbocycles. The molecule has 0 spiro atoms. The van der Waals surface area contributed by atoms with E-state index in [2.05, 4.69) is 35.3 Å². The SMILES string of the molecule is CNc1cc(Nc2cc(OC(F)(F)F)ccn2)nc(-c2cnccc2C)n1. The second kappa shape index (κ2) is 7.44. The highest BCUT2D eigenvalue weighted by Crippen LogP contribution is 2.27. The Hall–Kier alpha value is -3.43. The van der Waals surface area contributed by atoms with E-state index in [0.29, 0.717) is 17.5 Å². The van der Waals surface area contributed by atoms with Gasteiger partial charge in [-0.25, -0.2) is 15.0 Å². The third-order valence-corrected chi connectivity index (χ3v) is 3.48. The molecule has 10 heteroatoms. The lowest BCUT2D eigenvalue weighted by Crippen LogP contribution is -2.17. The van der Waals surface area contributed by atoms with Crippen molar-refractivity contribution in [3.8, 4) is 17.1 Å². The van der Waals surface area contributed by atoms with Crippen molar-refractivity contribution in [2.75, 3.05) is 17.7 Å². The minimum absolute atomic E-state index is 0.145. The van der Waals surface area contributed by atoms with Gasteiger partial charge >= 0.3 is 6.36 Å². The van der Waals surface area contributed by atoms with E-state index in [4.69, 9.17) is 0 Å². The van der Waals surface area contributed by atoms with E-state index in [9.17, 15) is 13.2 Å². The number of rotatable bonds is 5. The zero-order chi connectivity index (χ0) is 19.4. The van der Waals surface area contributed by atoms with Crippen LogP contribution in [-0.4, -0.2) is 33.3 Å². The number of aryl methyl sites for hydroxylation is 1. The molecule has 0 saturated heterocycles. The molecule has 140 valence electrons. The number of anilines is 3. The topological polar surface area (TPSA) is 84.9 Å². The molecule has 0 aliphatic heterocycles. The highest BCUT2D eigenvalue weighted by atomic mass is 19.4. The second-order valence-corrected chi connectivity index (χ2v) is 5.45. The van der Waals surface area contributed by atoms with Crippen molar-refractivity contribution in [2.45, 2.75) is 13.3 Å². The molecule has 3 rings (SSSR count). The van der Waals surface area contributed by atoms with Gasteiger partial charge in [-0.2, -0.15) is 0 Å². The van der Waals surface area contributed by atoms with Crippen LogP contribution in [0.5, 0.6) is 5.75 Å². The van der Waals surface area contributed by atoms with Crippen molar-refractivity contribution < 1.29 is 17.9 Å². The number of pyridine rings is 2. The highest BCUT2D eigenvalue weighted by Gasteiger charge is 2.31. The zero-order valence-corrected chi connectivity index (χ0v) is 14.4. The van der Waals surface area contributed by atoms with Gasteiger partial charge in [0.05, 0.1) is 0 Å². The fourth-order valence-electron chi connectivity index (χ4n) is 2.27. The van der Waals surface area contributed by atoms with Crippen LogP contribution in [0.3, 0.4) is 0 Å². The molecule has 0 unspecified atom stereocenters. The van der Waals surface area contributed by atoms with Crippen LogP contribution in [0.25, 0.3) is 11.4 Å². The van der Waals surface area contributed by atoms with Crippen molar-refractivity contribution in [2.24, 2.45) is 0 Å². The third-order valence-electron chi connectivity index (χ3n) is 3.48. The molecule has 2 N–H and O–H groups in total. The number of alkyl halides is 3. The standard InChI is InChI=1S/C17H15F3N6O/c1-10-3-5-22-9-12(10)16-25-13(21-2)8-15(26-16)24-14-7-11(4-6-23-14)27-17(18,19)20/h3-9H,1-2H3,(H2,21,23,24,25,26). The summed E-state index contributed by atoms with van der Waals surface area (Å²) in [5.74, 6) is 1.05. The monoisotopic (exact) mass is 376 g/mol. The van der Waals surface area contributed by atoms with Gasteiger partial charge in [0, 0.05) is 43.3 Å². The largest absolute Gasteiger partial charge is 0.573 e. The summed E-state index contributed by atoms with van der Waals surface area (Å²) < 4.78 is 41.0. The molecule has 7 nitrogen and oxygen atoms in total. The van der Waals surface area contributed by atoms with Crippen molar-refractivity contribution in [3.63, 3.8) is 0 Å². The molecular formula is C17H15F3N6O. The van der Waals surface area contributed by atoms with E-state index in [1.165, 1.54) is 6.20 Å². The summed E-state index contributed by atoms with van der Waals surface area (Å²) in [5, 5.41) is 5.78. The quantitative estimate of drug-likeness (QED) is 0.698. The molecule has 0 radical (unpaired) electrons. The first-order valence-corrected chi connectivity index (χ1v) is 7.81. The fraction of sp³-hybridized carbons (Fsp3) is 0.176. The molecule has 0 aromatic carbocycles. The average Bonchev–Trinajstić information content (AvgIpc) is 2.60. The Labute approximate surface area is 152 Å². The summed E-state index contributed by atoms with van der Waals surface area (Å²) in [4.78, 5) is 16.9. The smallest absolute Gasteiger partial charge is 0.406 e. The minimum Gasteiger partial charge on any atom is -0.406 e. The summed E-state index contributed by atoms with van der Waals surface area (Å²) >= 11 is 0. The summed E-state index contributed by atoms with van der Waals surface area (Å²) in [5.41, 5.74) is 1.67. The molecule has 3 heterocycles. The zero-order valence-electron chi connectivity index (χ0n) is 14.4. The Morgan fingerprint density at radius 2 is 1.78 bits per heavy atom. The fourth-order valence-corrected chi connectivity index (χ4v) is 2.27. The van der Waals surface area contributed by atoms with Crippen LogP contribution >= 0.6 is 0 Å². The minimum atomic E-state index is -4.78. The third kappa shape index (κ3) is 4.81. The van der Waals surface area contributed by atoms with Gasteiger partial charge in [-0.3, -0.25) is 4.98 Å². The molecular weight excluding hydrogens is 361 g/mol. The van der Waals surface area contributed by atoms with Crippen LogP contribution in [0.4, 0.5) is 30.6 Å². The lowest BCUT2D eigenvalue weighted by atomic mass is 10.1. The summed E-state index contributed by atoms with van der Waals surface area (Å²) in [6, 6.07) is 5.68. The number of aromatic nitrogens is 4. The predicted molar refractivity (Wildman–Crippen MR) is 93.7 cm³/mol. The van der Waals surface area contributed by atoms with Gasteiger partial charge in [0.15, 0.2) is 5.82 Å². The van der Waals surface area contributed by atoms with Crippen molar-refractivity contribution >= 4 is 17.5 Å². The average molecular weight is 376 g/mol. The highest BCUT2D eigenvalue weighted by molar-refractivity contribution is 5.65.